The van der Waals surface area contributed by atoms with E-state index in [2.05, 4.69) is 41.2 Å². The summed E-state index contributed by atoms with van der Waals surface area (Å²) in [7, 11) is 0. The minimum atomic E-state index is -1.34. The Morgan fingerprint density at radius 2 is 1.38 bits per heavy atom. The molecule has 0 aliphatic carbocycles. The number of rotatable bonds is 14. The van der Waals surface area contributed by atoms with Gasteiger partial charge >= 0.3 is 11.9 Å². The maximum atomic E-state index is 12.6. The average molecular weight is 471 g/mol. The molecule has 4 atom stereocenters. The van der Waals surface area contributed by atoms with Crippen LogP contribution in [0, 0.1) is 0 Å². The zero-order valence-corrected chi connectivity index (χ0v) is 18.3. The lowest BCUT2D eigenvalue weighted by atomic mass is 10.1. The van der Waals surface area contributed by atoms with Crippen LogP contribution in [0.3, 0.4) is 0 Å². The van der Waals surface area contributed by atoms with Crippen LogP contribution in [0.5, 0.6) is 0 Å². The van der Waals surface area contributed by atoms with Crippen LogP contribution in [0.15, 0.2) is 0 Å². The molecular weight excluding hydrogens is 444 g/mol. The van der Waals surface area contributed by atoms with Crippen LogP contribution in [0.4, 0.5) is 0 Å². The number of carbonyl (C=O) groups excluding carboxylic acids is 3. The van der Waals surface area contributed by atoms with Gasteiger partial charge in [-0.1, -0.05) is 0 Å². The Kier molecular flexibility index (Phi) is 13.5. The van der Waals surface area contributed by atoms with E-state index >= 15 is 0 Å². The smallest absolute Gasteiger partial charge is 0.327 e. The maximum absolute atomic E-state index is 12.6. The number of nitrogens with two attached hydrogens (primary N) is 1. The first-order valence-electron chi connectivity index (χ1n) is 8.39. The van der Waals surface area contributed by atoms with Gasteiger partial charge in [0.15, 0.2) is 0 Å². The lowest BCUT2D eigenvalue weighted by Gasteiger charge is -2.24. The fraction of sp³-hybridized carbons (Fsp3) is 0.667. The van der Waals surface area contributed by atoms with E-state index in [4.69, 9.17) is 15.9 Å². The number of carboxylic acids is 2. The second-order valence-electron chi connectivity index (χ2n) is 5.87. The van der Waals surface area contributed by atoms with Gasteiger partial charge in [0.05, 0.1) is 12.5 Å². The van der Waals surface area contributed by atoms with E-state index in [1.807, 2.05) is 0 Å². The first-order chi connectivity index (χ1) is 13.6. The second-order valence-corrected chi connectivity index (χ2v) is 7.59. The molecule has 7 N–H and O–H groups in total. The molecule has 166 valence electrons. The molecule has 0 rings (SSSR count). The molecule has 0 aromatic rings. The number of hydrogen-bond acceptors (Lipinski definition) is 9. The first-order valence-corrected chi connectivity index (χ1v) is 11.0. The van der Waals surface area contributed by atoms with Crippen LogP contribution < -0.4 is 21.7 Å². The molecule has 0 saturated heterocycles. The van der Waals surface area contributed by atoms with Crippen molar-refractivity contribution in [2.24, 2.45) is 5.73 Å². The third kappa shape index (κ3) is 10.6. The van der Waals surface area contributed by atoms with Gasteiger partial charge in [-0.15, -0.1) is 0 Å². The fourth-order valence-corrected chi connectivity index (χ4v) is 2.96. The molecule has 0 fully saturated rings. The highest BCUT2D eigenvalue weighted by Crippen LogP contribution is 2.04. The monoisotopic (exact) mass is 470 g/mol. The predicted molar refractivity (Wildman–Crippen MR) is 114 cm³/mol. The van der Waals surface area contributed by atoms with Gasteiger partial charge < -0.3 is 31.9 Å². The molecule has 0 heterocycles. The van der Waals surface area contributed by atoms with Crippen LogP contribution in [-0.4, -0.2) is 87.6 Å². The van der Waals surface area contributed by atoms with Gasteiger partial charge in [-0.25, -0.2) is 4.79 Å². The summed E-state index contributed by atoms with van der Waals surface area (Å²) in [6.45, 7) is 0. The SMILES string of the molecule is CSCCC(NC(=O)C(N)CC(=O)O)C(=O)NC(CS)C(=O)NC(CS)C(=O)O. The standard InChI is InChI=1S/C15H26N4O7S3/c1-29-3-2-8(17-12(22)7(16)4-11(20)21)13(23)18-9(5-27)14(24)19-10(6-28)15(25)26/h7-10,27-28H,2-6,16H2,1H3,(H,17,22)(H,18,23)(H,19,24)(H,20,21)(H,25,26). The number of thioether (sulfide) groups is 1. The summed E-state index contributed by atoms with van der Waals surface area (Å²) in [5.41, 5.74) is 5.50. The quantitative estimate of drug-likeness (QED) is 0.132. The van der Waals surface area contributed by atoms with Gasteiger partial charge in [-0.05, 0) is 18.4 Å². The molecule has 4 unspecified atom stereocenters. The molecule has 3 amide bonds. The van der Waals surface area contributed by atoms with Crippen molar-refractivity contribution in [1.82, 2.24) is 16.0 Å². The van der Waals surface area contributed by atoms with E-state index < -0.39 is 60.2 Å². The normalized spacial score (nSPS) is 14.8. The van der Waals surface area contributed by atoms with Gasteiger partial charge in [-0.3, -0.25) is 19.2 Å². The Labute approximate surface area is 183 Å². The van der Waals surface area contributed by atoms with Gasteiger partial charge in [0, 0.05) is 11.5 Å². The number of aliphatic carboxylic acids is 2. The largest absolute Gasteiger partial charge is 0.481 e. The molecular formula is C15H26N4O7S3. The summed E-state index contributed by atoms with van der Waals surface area (Å²) >= 11 is 9.25. The Hall–Kier alpha value is -1.64. The van der Waals surface area contributed by atoms with Crippen molar-refractivity contribution in [3.05, 3.63) is 0 Å². The summed E-state index contributed by atoms with van der Waals surface area (Å²) < 4.78 is 0. The highest BCUT2D eigenvalue weighted by Gasteiger charge is 2.29. The lowest BCUT2D eigenvalue weighted by molar-refractivity contribution is -0.141. The molecule has 29 heavy (non-hydrogen) atoms. The molecule has 0 radical (unpaired) electrons. The number of amides is 3. The van der Waals surface area contributed by atoms with Crippen molar-refractivity contribution in [2.75, 3.05) is 23.5 Å². The van der Waals surface area contributed by atoms with Crippen LogP contribution in [-0.2, 0) is 24.0 Å². The minimum absolute atomic E-state index is 0.127. The van der Waals surface area contributed by atoms with E-state index in [9.17, 15) is 24.0 Å². The molecule has 11 nitrogen and oxygen atoms in total. The summed E-state index contributed by atoms with van der Waals surface area (Å²) in [4.78, 5) is 58.5. The molecule has 0 aliphatic heterocycles. The van der Waals surface area contributed by atoms with Gasteiger partial charge in [-0.2, -0.15) is 37.0 Å². The van der Waals surface area contributed by atoms with E-state index in [1.54, 1.807) is 6.26 Å². The summed E-state index contributed by atoms with van der Waals surface area (Å²) in [6.07, 6.45) is 1.39. The Bertz CT molecular complexity index is 608. The van der Waals surface area contributed by atoms with Crippen molar-refractivity contribution >= 4 is 66.7 Å². The maximum Gasteiger partial charge on any atom is 0.327 e. The summed E-state index contributed by atoms with van der Waals surface area (Å²) in [5.74, 6) is -4.63. The molecule has 0 saturated carbocycles. The predicted octanol–water partition coefficient (Wildman–Crippen LogP) is -2.06. The van der Waals surface area contributed by atoms with Crippen molar-refractivity contribution in [2.45, 2.75) is 37.0 Å². The van der Waals surface area contributed by atoms with Crippen LogP contribution in [0.2, 0.25) is 0 Å². The third-order valence-electron chi connectivity index (χ3n) is 3.59. The molecule has 0 aromatic heterocycles. The zero-order valence-electron chi connectivity index (χ0n) is 15.7. The Morgan fingerprint density at radius 3 is 1.83 bits per heavy atom. The Morgan fingerprint density at radius 1 is 0.897 bits per heavy atom. The van der Waals surface area contributed by atoms with Crippen molar-refractivity contribution in [1.29, 1.82) is 0 Å². The number of carbonyl (C=O) groups is 5. The topological polar surface area (TPSA) is 188 Å². The lowest BCUT2D eigenvalue weighted by Crippen LogP contribution is -2.58. The van der Waals surface area contributed by atoms with Gasteiger partial charge in [0.25, 0.3) is 0 Å². The van der Waals surface area contributed by atoms with Crippen molar-refractivity contribution < 1.29 is 34.2 Å². The van der Waals surface area contributed by atoms with E-state index in [-0.39, 0.29) is 17.9 Å². The number of hydrogen-bond donors (Lipinski definition) is 8. The van der Waals surface area contributed by atoms with E-state index in [0.29, 0.717) is 5.75 Å². The van der Waals surface area contributed by atoms with E-state index in [1.165, 1.54) is 11.8 Å². The average Bonchev–Trinajstić information content (AvgIpc) is 2.65. The summed E-state index contributed by atoms with van der Waals surface area (Å²) in [5, 5.41) is 24.7. The highest BCUT2D eigenvalue weighted by atomic mass is 32.2. The Balaban J connectivity index is 5.12. The van der Waals surface area contributed by atoms with Gasteiger partial charge in [0.1, 0.15) is 18.1 Å². The second kappa shape index (κ2) is 14.4. The number of carboxylic acid groups (broad SMARTS) is 2. The molecule has 0 aliphatic rings. The van der Waals surface area contributed by atoms with Crippen molar-refractivity contribution in [3.63, 3.8) is 0 Å². The molecule has 14 heteroatoms. The van der Waals surface area contributed by atoms with Gasteiger partial charge in [0.2, 0.25) is 17.7 Å². The molecule has 0 aromatic carbocycles. The third-order valence-corrected chi connectivity index (χ3v) is 4.96. The van der Waals surface area contributed by atoms with E-state index in [0.717, 1.165) is 0 Å². The van der Waals surface area contributed by atoms with Crippen LogP contribution in [0.25, 0.3) is 0 Å². The van der Waals surface area contributed by atoms with Crippen LogP contribution in [0.1, 0.15) is 12.8 Å². The molecule has 0 bridgehead atoms. The zero-order chi connectivity index (χ0) is 22.6. The summed E-state index contributed by atoms with van der Waals surface area (Å²) in [6, 6.07) is -4.81. The molecule has 0 spiro atoms. The fourth-order valence-electron chi connectivity index (χ4n) is 1.99. The number of thiol groups is 2. The van der Waals surface area contributed by atoms with Crippen molar-refractivity contribution in [3.8, 4) is 0 Å². The first kappa shape index (κ1) is 27.4. The minimum Gasteiger partial charge on any atom is -0.481 e. The van der Waals surface area contributed by atoms with Crippen LogP contribution >= 0.6 is 37.0 Å². The number of nitrogens with one attached hydrogen (secondary N) is 3. The highest BCUT2D eigenvalue weighted by molar-refractivity contribution is 7.98.